The number of aliphatic hydroxyl groups is 2. The molecule has 0 saturated heterocycles. The molecule has 0 heterocycles. The summed E-state index contributed by atoms with van der Waals surface area (Å²) in [4.78, 5) is 0. The van der Waals surface area contributed by atoms with E-state index in [2.05, 4.69) is 4.74 Å². The standard InChI is InChI=1S/C5H9F3O3/c6-5(7,8)3-11-2-4(10)1-9/h4,9-10H,1-3H2. The van der Waals surface area contributed by atoms with E-state index in [4.69, 9.17) is 10.2 Å². The van der Waals surface area contributed by atoms with Crippen LogP contribution < -0.4 is 0 Å². The second kappa shape index (κ2) is 4.53. The number of halogens is 3. The van der Waals surface area contributed by atoms with Crippen LogP contribution in [-0.4, -0.2) is 42.3 Å². The molecule has 2 N–H and O–H groups in total. The highest BCUT2D eigenvalue weighted by Gasteiger charge is 2.27. The minimum Gasteiger partial charge on any atom is -0.394 e. The molecule has 0 bridgehead atoms. The lowest BCUT2D eigenvalue weighted by Crippen LogP contribution is -2.24. The summed E-state index contributed by atoms with van der Waals surface area (Å²) in [6.07, 6.45) is -5.62. The Balaban J connectivity index is 3.28. The fourth-order valence-corrected chi connectivity index (χ4v) is 0.363. The van der Waals surface area contributed by atoms with Crippen molar-refractivity contribution in [1.82, 2.24) is 0 Å². The Morgan fingerprint density at radius 2 is 1.91 bits per heavy atom. The third-order valence-electron chi connectivity index (χ3n) is 0.787. The van der Waals surface area contributed by atoms with Crippen molar-refractivity contribution in [1.29, 1.82) is 0 Å². The zero-order valence-corrected chi connectivity index (χ0v) is 5.64. The number of hydrogen-bond acceptors (Lipinski definition) is 3. The third-order valence-corrected chi connectivity index (χ3v) is 0.787. The van der Waals surface area contributed by atoms with Gasteiger partial charge in [-0.15, -0.1) is 0 Å². The van der Waals surface area contributed by atoms with Crippen LogP contribution in [0.25, 0.3) is 0 Å². The van der Waals surface area contributed by atoms with Crippen LogP contribution in [-0.2, 0) is 4.74 Å². The molecule has 1 atom stereocenters. The fourth-order valence-electron chi connectivity index (χ4n) is 0.363. The van der Waals surface area contributed by atoms with Crippen molar-refractivity contribution in [3.8, 4) is 0 Å². The molecular formula is C5H9F3O3. The smallest absolute Gasteiger partial charge is 0.394 e. The van der Waals surface area contributed by atoms with Crippen molar-refractivity contribution in [3.63, 3.8) is 0 Å². The maximum atomic E-state index is 11.3. The van der Waals surface area contributed by atoms with Gasteiger partial charge in [0.05, 0.1) is 13.2 Å². The molecule has 11 heavy (non-hydrogen) atoms. The van der Waals surface area contributed by atoms with Crippen molar-refractivity contribution in [2.24, 2.45) is 0 Å². The minimum atomic E-state index is -4.38. The van der Waals surface area contributed by atoms with Crippen molar-refractivity contribution in [2.75, 3.05) is 19.8 Å². The predicted molar refractivity (Wildman–Crippen MR) is 30.0 cm³/mol. The van der Waals surface area contributed by atoms with Gasteiger partial charge in [0, 0.05) is 0 Å². The summed E-state index contributed by atoms with van der Waals surface area (Å²) in [6.45, 7) is -2.50. The van der Waals surface area contributed by atoms with Gasteiger partial charge in [0.25, 0.3) is 0 Å². The van der Waals surface area contributed by atoms with Crippen molar-refractivity contribution in [3.05, 3.63) is 0 Å². The van der Waals surface area contributed by atoms with E-state index >= 15 is 0 Å². The Labute approximate surface area is 61.4 Å². The van der Waals surface area contributed by atoms with Gasteiger partial charge < -0.3 is 14.9 Å². The number of ether oxygens (including phenoxy) is 1. The molecule has 0 aromatic heterocycles. The van der Waals surface area contributed by atoms with Crippen LogP contribution in [0.5, 0.6) is 0 Å². The second-order valence-corrected chi connectivity index (χ2v) is 1.97. The van der Waals surface area contributed by atoms with Crippen LogP contribution in [0.3, 0.4) is 0 Å². The molecule has 1 unspecified atom stereocenters. The maximum absolute atomic E-state index is 11.3. The van der Waals surface area contributed by atoms with E-state index in [0.29, 0.717) is 0 Å². The fraction of sp³-hybridized carbons (Fsp3) is 1.00. The zero-order valence-electron chi connectivity index (χ0n) is 5.64. The Morgan fingerprint density at radius 1 is 1.36 bits per heavy atom. The zero-order chi connectivity index (χ0) is 8.91. The summed E-state index contributed by atoms with van der Waals surface area (Å²) in [5.41, 5.74) is 0. The van der Waals surface area contributed by atoms with Crippen LogP contribution in [0.4, 0.5) is 13.2 Å². The van der Waals surface area contributed by atoms with Gasteiger partial charge in [-0.3, -0.25) is 0 Å². The summed E-state index contributed by atoms with van der Waals surface area (Å²) in [5, 5.41) is 16.7. The average molecular weight is 174 g/mol. The van der Waals surface area contributed by atoms with Crippen LogP contribution in [0.1, 0.15) is 0 Å². The van der Waals surface area contributed by atoms with Crippen molar-refractivity contribution >= 4 is 0 Å². The molecule has 0 aliphatic heterocycles. The quantitative estimate of drug-likeness (QED) is 0.626. The molecule has 0 fully saturated rings. The molecule has 0 aromatic carbocycles. The largest absolute Gasteiger partial charge is 0.411 e. The predicted octanol–water partition coefficient (Wildman–Crippen LogP) is -0.0815. The highest BCUT2D eigenvalue weighted by atomic mass is 19.4. The SMILES string of the molecule is OCC(O)COCC(F)(F)F. The molecule has 0 aromatic rings. The molecule has 0 spiro atoms. The average Bonchev–Trinajstić information content (AvgIpc) is 1.85. The first-order valence-corrected chi connectivity index (χ1v) is 2.89. The third kappa shape index (κ3) is 7.57. The van der Waals surface area contributed by atoms with Gasteiger partial charge in [-0.05, 0) is 0 Å². The number of hydrogen-bond donors (Lipinski definition) is 2. The molecule has 68 valence electrons. The van der Waals surface area contributed by atoms with Gasteiger partial charge in [-0.25, -0.2) is 0 Å². The molecule has 0 radical (unpaired) electrons. The van der Waals surface area contributed by atoms with Gasteiger partial charge in [0.2, 0.25) is 0 Å². The van der Waals surface area contributed by atoms with Crippen LogP contribution >= 0.6 is 0 Å². The highest BCUT2D eigenvalue weighted by Crippen LogP contribution is 2.14. The van der Waals surface area contributed by atoms with Gasteiger partial charge in [-0.2, -0.15) is 13.2 Å². The molecule has 3 nitrogen and oxygen atoms in total. The van der Waals surface area contributed by atoms with E-state index in [-0.39, 0.29) is 0 Å². The van der Waals surface area contributed by atoms with Gasteiger partial charge in [0.15, 0.2) is 0 Å². The highest BCUT2D eigenvalue weighted by molar-refractivity contribution is 4.51. The Kier molecular flexibility index (Phi) is 4.39. The number of alkyl halides is 3. The van der Waals surface area contributed by atoms with Gasteiger partial charge in [0.1, 0.15) is 12.7 Å². The molecule has 0 aliphatic rings. The second-order valence-electron chi connectivity index (χ2n) is 1.97. The lowest BCUT2D eigenvalue weighted by atomic mass is 10.4. The monoisotopic (exact) mass is 174 g/mol. The first-order valence-electron chi connectivity index (χ1n) is 2.89. The molecule has 0 amide bonds. The minimum absolute atomic E-state index is 0.504. The van der Waals surface area contributed by atoms with Crippen molar-refractivity contribution in [2.45, 2.75) is 12.3 Å². The van der Waals surface area contributed by atoms with E-state index in [0.717, 1.165) is 0 Å². The maximum Gasteiger partial charge on any atom is 0.411 e. The van der Waals surface area contributed by atoms with E-state index in [1.165, 1.54) is 0 Å². The van der Waals surface area contributed by atoms with Gasteiger partial charge in [-0.1, -0.05) is 0 Å². The molecule has 0 rings (SSSR count). The van der Waals surface area contributed by atoms with Crippen LogP contribution in [0.15, 0.2) is 0 Å². The summed E-state index contributed by atoms with van der Waals surface area (Å²) in [5.74, 6) is 0. The van der Waals surface area contributed by atoms with Crippen molar-refractivity contribution < 1.29 is 28.1 Å². The summed E-state index contributed by atoms with van der Waals surface area (Å²) in [6, 6.07) is 0. The van der Waals surface area contributed by atoms with Gasteiger partial charge >= 0.3 is 6.18 Å². The molecule has 0 aliphatic carbocycles. The Bertz CT molecular complexity index is 104. The summed E-state index contributed by atoms with van der Waals surface area (Å²) < 4.78 is 38.0. The lowest BCUT2D eigenvalue weighted by molar-refractivity contribution is -0.180. The van der Waals surface area contributed by atoms with E-state index in [1.54, 1.807) is 0 Å². The molecule has 0 saturated carbocycles. The lowest BCUT2D eigenvalue weighted by Gasteiger charge is -2.09. The summed E-state index contributed by atoms with van der Waals surface area (Å²) >= 11 is 0. The number of rotatable bonds is 4. The Morgan fingerprint density at radius 3 is 2.27 bits per heavy atom. The summed E-state index contributed by atoms with van der Waals surface area (Å²) in [7, 11) is 0. The van der Waals surface area contributed by atoms with E-state index < -0.39 is 32.1 Å². The molecule has 6 heteroatoms. The normalized spacial score (nSPS) is 15.0. The Hall–Kier alpha value is -0.330. The topological polar surface area (TPSA) is 49.7 Å². The van der Waals surface area contributed by atoms with E-state index in [1.807, 2.05) is 0 Å². The van der Waals surface area contributed by atoms with Crippen LogP contribution in [0.2, 0.25) is 0 Å². The number of aliphatic hydroxyl groups excluding tert-OH is 2. The molecular weight excluding hydrogens is 165 g/mol. The van der Waals surface area contributed by atoms with Crippen LogP contribution in [0, 0.1) is 0 Å². The first kappa shape index (κ1) is 10.7. The van der Waals surface area contributed by atoms with E-state index in [9.17, 15) is 13.2 Å². The first-order chi connectivity index (χ1) is 4.95.